The molecule has 1 atom stereocenters. The van der Waals surface area contributed by atoms with Gasteiger partial charge in [0.25, 0.3) is 0 Å². The number of ether oxygens (including phenoxy) is 2. The maximum atomic E-state index is 10.9. The maximum Gasteiger partial charge on any atom is 0.318 e. The van der Waals surface area contributed by atoms with Crippen molar-refractivity contribution in [3.8, 4) is 0 Å². The average Bonchev–Trinajstić information content (AvgIpc) is 2.03. The molecule has 72 valence electrons. The van der Waals surface area contributed by atoms with Crippen molar-refractivity contribution in [2.45, 2.75) is 10.8 Å². The van der Waals surface area contributed by atoms with Gasteiger partial charge in [0.1, 0.15) is 10.5 Å². The van der Waals surface area contributed by atoms with E-state index in [0.29, 0.717) is 19.8 Å². The number of hydrogen-bond acceptors (Lipinski definition) is 3. The van der Waals surface area contributed by atoms with Gasteiger partial charge in [0.05, 0.1) is 19.8 Å². The Morgan fingerprint density at radius 2 is 2.17 bits per heavy atom. The third-order valence-electron chi connectivity index (χ3n) is 1.09. The molecule has 4 nitrogen and oxygen atoms in total. The second-order valence-corrected chi connectivity index (χ2v) is 4.12. The Bertz CT molecular complexity index is 130. The van der Waals surface area contributed by atoms with Crippen molar-refractivity contribution in [3.05, 3.63) is 0 Å². The van der Waals surface area contributed by atoms with Gasteiger partial charge in [-0.15, -0.1) is 0 Å². The Balaban J connectivity index is 3.14. The fourth-order valence-corrected chi connectivity index (χ4v) is 0.700. The van der Waals surface area contributed by atoms with E-state index in [-0.39, 0.29) is 9.89 Å². The lowest BCUT2D eigenvalue weighted by atomic mass is 10.5. The molecule has 0 aliphatic heterocycles. The highest BCUT2D eigenvalue weighted by molar-refractivity contribution is 14.1. The summed E-state index contributed by atoms with van der Waals surface area (Å²) in [5.74, 6) is -0.186. The standard InChI is InChI=1S/C7H14INO3/c1-6(8)7(10)12-5-4-11-3-2-9/h6H,2-5,9H2,1H3/p+1. The second kappa shape index (κ2) is 7.75. The number of carbonyl (C=O) groups is 1. The first-order chi connectivity index (χ1) is 5.68. The lowest BCUT2D eigenvalue weighted by Crippen LogP contribution is -2.52. The molecule has 0 aromatic heterocycles. The SMILES string of the molecule is CC(I)C(=O)OCCOCC[NH3+]. The number of carbonyl (C=O) groups excluding carboxylic acids is 1. The summed E-state index contributed by atoms with van der Waals surface area (Å²) < 4.78 is 9.84. The van der Waals surface area contributed by atoms with Crippen LogP contribution in [0, 0.1) is 0 Å². The van der Waals surface area contributed by atoms with Crippen LogP contribution in [0.4, 0.5) is 0 Å². The minimum atomic E-state index is -0.186. The van der Waals surface area contributed by atoms with Gasteiger partial charge in [-0.1, -0.05) is 22.6 Å². The molecule has 0 heterocycles. The molecule has 0 saturated carbocycles. The summed E-state index contributed by atoms with van der Waals surface area (Å²) in [6.07, 6.45) is 0. The lowest BCUT2D eigenvalue weighted by Gasteiger charge is -2.05. The normalized spacial score (nSPS) is 12.6. The number of halogens is 1. The number of hydrogen-bond donors (Lipinski definition) is 1. The first kappa shape index (κ1) is 12.1. The van der Waals surface area contributed by atoms with Crippen LogP contribution in [0.15, 0.2) is 0 Å². The van der Waals surface area contributed by atoms with E-state index in [4.69, 9.17) is 9.47 Å². The zero-order valence-electron chi connectivity index (χ0n) is 7.22. The molecule has 0 fully saturated rings. The van der Waals surface area contributed by atoms with Crippen LogP contribution >= 0.6 is 22.6 Å². The van der Waals surface area contributed by atoms with E-state index in [1.165, 1.54) is 0 Å². The average molecular weight is 288 g/mol. The summed E-state index contributed by atoms with van der Waals surface area (Å²) in [5, 5.41) is 0. The van der Waals surface area contributed by atoms with Crippen molar-refractivity contribution in [2.24, 2.45) is 0 Å². The van der Waals surface area contributed by atoms with Gasteiger partial charge < -0.3 is 15.2 Å². The molecule has 0 radical (unpaired) electrons. The van der Waals surface area contributed by atoms with Gasteiger partial charge in [0.2, 0.25) is 0 Å². The van der Waals surface area contributed by atoms with Crippen molar-refractivity contribution < 1.29 is 20.0 Å². The fraction of sp³-hybridized carbons (Fsp3) is 0.857. The Labute approximate surface area is 85.9 Å². The van der Waals surface area contributed by atoms with E-state index in [1.807, 2.05) is 22.6 Å². The minimum absolute atomic E-state index is 0.0876. The zero-order chi connectivity index (χ0) is 9.40. The van der Waals surface area contributed by atoms with Crippen molar-refractivity contribution >= 4 is 28.6 Å². The van der Waals surface area contributed by atoms with Crippen LogP contribution < -0.4 is 5.73 Å². The first-order valence-corrected chi connectivity index (χ1v) is 5.10. The molecule has 12 heavy (non-hydrogen) atoms. The van der Waals surface area contributed by atoms with Crippen LogP contribution in [-0.4, -0.2) is 36.3 Å². The van der Waals surface area contributed by atoms with Gasteiger partial charge in [-0.25, -0.2) is 0 Å². The highest BCUT2D eigenvalue weighted by atomic mass is 127. The smallest absolute Gasteiger partial charge is 0.318 e. The van der Waals surface area contributed by atoms with Crippen LogP contribution in [0.5, 0.6) is 0 Å². The van der Waals surface area contributed by atoms with E-state index in [0.717, 1.165) is 6.54 Å². The third kappa shape index (κ3) is 6.81. The lowest BCUT2D eigenvalue weighted by molar-refractivity contribution is -0.374. The molecule has 0 saturated heterocycles. The summed E-state index contributed by atoms with van der Waals surface area (Å²) in [4.78, 5) is 10.9. The van der Waals surface area contributed by atoms with E-state index in [2.05, 4.69) is 5.73 Å². The number of alkyl halides is 1. The van der Waals surface area contributed by atoms with Crippen molar-refractivity contribution in [3.63, 3.8) is 0 Å². The van der Waals surface area contributed by atoms with E-state index >= 15 is 0 Å². The topological polar surface area (TPSA) is 63.2 Å². The van der Waals surface area contributed by atoms with Gasteiger partial charge in [0.15, 0.2) is 0 Å². The van der Waals surface area contributed by atoms with Crippen molar-refractivity contribution in [1.82, 2.24) is 0 Å². The van der Waals surface area contributed by atoms with Crippen LogP contribution in [0.25, 0.3) is 0 Å². The van der Waals surface area contributed by atoms with Gasteiger partial charge in [-0.2, -0.15) is 0 Å². The summed E-state index contributed by atoms with van der Waals surface area (Å²) in [6.45, 7) is 3.96. The zero-order valence-corrected chi connectivity index (χ0v) is 9.37. The number of rotatable bonds is 6. The summed E-state index contributed by atoms with van der Waals surface area (Å²) in [6, 6.07) is 0. The Morgan fingerprint density at radius 3 is 2.67 bits per heavy atom. The fourth-order valence-electron chi connectivity index (χ4n) is 0.520. The molecule has 0 amide bonds. The second-order valence-electron chi connectivity index (χ2n) is 2.25. The highest BCUT2D eigenvalue weighted by Gasteiger charge is 2.08. The van der Waals surface area contributed by atoms with Crippen LogP contribution in [0.1, 0.15) is 6.92 Å². The summed E-state index contributed by atoms with van der Waals surface area (Å²) in [7, 11) is 0. The molecule has 0 aromatic rings. The van der Waals surface area contributed by atoms with Crippen LogP contribution in [0.2, 0.25) is 0 Å². The van der Waals surface area contributed by atoms with Crippen LogP contribution in [-0.2, 0) is 14.3 Å². The molecule has 1 unspecified atom stereocenters. The Hall–Kier alpha value is 0.120. The highest BCUT2D eigenvalue weighted by Crippen LogP contribution is 2.00. The quantitative estimate of drug-likeness (QED) is 0.313. The predicted molar refractivity (Wildman–Crippen MR) is 53.0 cm³/mol. The molecular weight excluding hydrogens is 273 g/mol. The third-order valence-corrected chi connectivity index (χ3v) is 1.59. The Morgan fingerprint density at radius 1 is 1.50 bits per heavy atom. The van der Waals surface area contributed by atoms with Gasteiger partial charge in [0, 0.05) is 0 Å². The summed E-state index contributed by atoms with van der Waals surface area (Å²) >= 11 is 2.01. The molecule has 0 rings (SSSR count). The van der Waals surface area contributed by atoms with Gasteiger partial charge in [-0.05, 0) is 6.92 Å². The predicted octanol–water partition coefficient (Wildman–Crippen LogP) is -0.388. The molecule has 5 heteroatoms. The molecule has 0 aliphatic carbocycles. The molecule has 3 N–H and O–H groups in total. The number of esters is 1. The molecular formula is C7H15INO3+. The number of quaternary nitrogens is 1. The minimum Gasteiger partial charge on any atom is -0.462 e. The molecule has 0 aromatic carbocycles. The Kier molecular flexibility index (Phi) is 7.83. The van der Waals surface area contributed by atoms with Crippen molar-refractivity contribution in [2.75, 3.05) is 26.4 Å². The van der Waals surface area contributed by atoms with E-state index < -0.39 is 0 Å². The first-order valence-electron chi connectivity index (χ1n) is 3.86. The van der Waals surface area contributed by atoms with E-state index in [9.17, 15) is 4.79 Å². The van der Waals surface area contributed by atoms with Crippen molar-refractivity contribution in [1.29, 1.82) is 0 Å². The van der Waals surface area contributed by atoms with Crippen LogP contribution in [0.3, 0.4) is 0 Å². The summed E-state index contributed by atoms with van der Waals surface area (Å²) in [5.41, 5.74) is 3.61. The molecule has 0 spiro atoms. The molecule has 0 bridgehead atoms. The largest absolute Gasteiger partial charge is 0.462 e. The maximum absolute atomic E-state index is 10.9. The monoisotopic (exact) mass is 288 g/mol. The van der Waals surface area contributed by atoms with Gasteiger partial charge in [-0.3, -0.25) is 4.79 Å². The molecule has 0 aliphatic rings. The van der Waals surface area contributed by atoms with Gasteiger partial charge >= 0.3 is 5.97 Å². The van der Waals surface area contributed by atoms with E-state index in [1.54, 1.807) is 6.92 Å².